The van der Waals surface area contributed by atoms with Crippen molar-refractivity contribution in [1.29, 1.82) is 0 Å². The molecule has 2 aromatic heterocycles. The van der Waals surface area contributed by atoms with Crippen LogP contribution < -0.4 is 16.6 Å². The van der Waals surface area contributed by atoms with E-state index in [1.165, 1.54) is 5.01 Å². The minimum Gasteiger partial charge on any atom is -0.394 e. The monoisotopic (exact) mass is 386 g/mol. The van der Waals surface area contributed by atoms with Crippen LogP contribution in [0.3, 0.4) is 0 Å². The molecule has 0 saturated heterocycles. The average molecular weight is 387 g/mol. The molecular weight excluding hydrogens is 364 g/mol. The number of hydrazine groups is 1. The summed E-state index contributed by atoms with van der Waals surface area (Å²) >= 11 is 6.27. The van der Waals surface area contributed by atoms with Crippen molar-refractivity contribution in [2.45, 2.75) is 39.7 Å². The third-order valence-corrected chi connectivity index (χ3v) is 4.54. The quantitative estimate of drug-likeness (QED) is 0.517. The second kappa shape index (κ2) is 7.17. The highest BCUT2D eigenvalue weighted by molar-refractivity contribution is 6.31. The molecule has 1 aromatic carbocycles. The number of nitrogens with zero attached hydrogens (tertiary/aromatic N) is 4. The average Bonchev–Trinajstić information content (AvgIpc) is 3.02. The number of anilines is 2. The minimum atomic E-state index is -0.298. The molecule has 142 valence electrons. The minimum absolute atomic E-state index is 0.298. The third-order valence-electron chi connectivity index (χ3n) is 4.17. The molecule has 3 rings (SSSR count). The number of aromatic nitrogens is 3. The fraction of sp³-hybridized carbons (Fsp3) is 0.316. The normalized spacial score (nSPS) is 11.6. The molecule has 0 fully saturated rings. The molecule has 0 spiro atoms. The maximum absolute atomic E-state index is 6.40. The molecule has 0 amide bonds. The smallest absolute Gasteiger partial charge is 0.170 e. The summed E-state index contributed by atoms with van der Waals surface area (Å²) in [6.45, 7) is 8.25. The zero-order chi connectivity index (χ0) is 19.8. The van der Waals surface area contributed by atoms with E-state index in [9.17, 15) is 0 Å². The molecule has 2 heterocycles. The molecule has 7 nitrogen and oxygen atoms in total. The molecule has 0 aliphatic carbocycles. The van der Waals surface area contributed by atoms with Gasteiger partial charge in [-0.15, -0.1) is 0 Å². The summed E-state index contributed by atoms with van der Waals surface area (Å²) in [7, 11) is 0. The molecule has 0 atom stereocenters. The van der Waals surface area contributed by atoms with E-state index in [1.807, 2.05) is 52.0 Å². The lowest BCUT2D eigenvalue weighted by atomic mass is 9.95. The highest BCUT2D eigenvalue weighted by atomic mass is 35.5. The maximum atomic E-state index is 6.40. The van der Waals surface area contributed by atoms with Crippen LogP contribution in [0.5, 0.6) is 0 Å². The molecular formula is C19H23ClN6O. The summed E-state index contributed by atoms with van der Waals surface area (Å²) in [6, 6.07) is 7.51. The Morgan fingerprint density at radius 2 is 1.89 bits per heavy atom. The predicted octanol–water partition coefficient (Wildman–Crippen LogP) is 3.85. The SMILES string of the molecule is Cc1oncc1-c1nc(C(C)(C)C)nc(N(N)Cc2ccccc2Cl)c1N. The topological polar surface area (TPSA) is 107 Å². The van der Waals surface area contributed by atoms with Gasteiger partial charge in [0.05, 0.1) is 18.3 Å². The highest BCUT2D eigenvalue weighted by Gasteiger charge is 2.25. The Labute approximate surface area is 163 Å². The summed E-state index contributed by atoms with van der Waals surface area (Å²) < 4.78 is 5.18. The van der Waals surface area contributed by atoms with Crippen molar-refractivity contribution in [3.63, 3.8) is 0 Å². The summed E-state index contributed by atoms with van der Waals surface area (Å²) in [4.78, 5) is 9.31. The predicted molar refractivity (Wildman–Crippen MR) is 107 cm³/mol. The van der Waals surface area contributed by atoms with Gasteiger partial charge in [-0.05, 0) is 18.6 Å². The van der Waals surface area contributed by atoms with Gasteiger partial charge in [0.2, 0.25) is 0 Å². The van der Waals surface area contributed by atoms with E-state index in [0.717, 1.165) is 5.56 Å². The van der Waals surface area contributed by atoms with Crippen LogP contribution in [0.4, 0.5) is 11.5 Å². The standard InChI is InChI=1S/C19H23ClN6O/c1-11-13(9-23-27-11)16-15(21)17(25-18(24-16)19(2,3)4)26(22)10-12-7-5-6-8-14(12)20/h5-9H,10,21-22H2,1-4H3. The zero-order valence-electron chi connectivity index (χ0n) is 15.8. The first-order valence-electron chi connectivity index (χ1n) is 8.53. The second-order valence-corrected chi connectivity index (χ2v) is 7.81. The van der Waals surface area contributed by atoms with Gasteiger partial charge in [0.15, 0.2) is 5.82 Å². The molecule has 0 unspecified atom stereocenters. The van der Waals surface area contributed by atoms with E-state index < -0.39 is 0 Å². The third kappa shape index (κ3) is 3.89. The molecule has 4 N–H and O–H groups in total. The van der Waals surface area contributed by atoms with Crippen molar-refractivity contribution in [3.8, 4) is 11.3 Å². The van der Waals surface area contributed by atoms with Crippen LogP contribution in [0.2, 0.25) is 5.02 Å². The second-order valence-electron chi connectivity index (χ2n) is 7.40. The fourth-order valence-electron chi connectivity index (χ4n) is 2.63. The Bertz CT molecular complexity index is 963. The first-order chi connectivity index (χ1) is 12.7. The lowest BCUT2D eigenvalue weighted by molar-refractivity contribution is 0.398. The van der Waals surface area contributed by atoms with Gasteiger partial charge in [-0.2, -0.15) is 0 Å². The van der Waals surface area contributed by atoms with Crippen LogP contribution in [-0.2, 0) is 12.0 Å². The van der Waals surface area contributed by atoms with Crippen LogP contribution in [0.25, 0.3) is 11.3 Å². The number of halogens is 1. The molecule has 0 aliphatic heterocycles. The Morgan fingerprint density at radius 1 is 1.19 bits per heavy atom. The van der Waals surface area contributed by atoms with Crippen molar-refractivity contribution in [1.82, 2.24) is 15.1 Å². The van der Waals surface area contributed by atoms with Crippen LogP contribution in [0, 0.1) is 6.92 Å². The van der Waals surface area contributed by atoms with Crippen LogP contribution in [0.1, 0.15) is 37.9 Å². The number of hydrogen-bond acceptors (Lipinski definition) is 7. The Morgan fingerprint density at radius 3 is 2.48 bits per heavy atom. The maximum Gasteiger partial charge on any atom is 0.170 e. The van der Waals surface area contributed by atoms with Crippen molar-refractivity contribution in [2.24, 2.45) is 5.84 Å². The number of nitrogens with two attached hydrogens (primary N) is 2. The van der Waals surface area contributed by atoms with E-state index in [1.54, 1.807) is 6.20 Å². The molecule has 0 radical (unpaired) electrons. The summed E-state index contributed by atoms with van der Waals surface area (Å²) in [5, 5.41) is 5.95. The number of nitrogen functional groups attached to an aromatic ring is 1. The summed E-state index contributed by atoms with van der Waals surface area (Å²) in [5.41, 5.74) is 8.61. The Hall–Kier alpha value is -2.64. The zero-order valence-corrected chi connectivity index (χ0v) is 16.6. The fourth-order valence-corrected chi connectivity index (χ4v) is 2.82. The Balaban J connectivity index is 2.11. The summed E-state index contributed by atoms with van der Waals surface area (Å²) in [5.74, 6) is 8.02. The van der Waals surface area contributed by atoms with Gasteiger partial charge in [0.1, 0.15) is 23.0 Å². The summed E-state index contributed by atoms with van der Waals surface area (Å²) in [6.07, 6.45) is 1.60. The number of rotatable bonds is 4. The lowest BCUT2D eigenvalue weighted by Gasteiger charge is -2.25. The van der Waals surface area contributed by atoms with Crippen LogP contribution in [0.15, 0.2) is 35.0 Å². The van der Waals surface area contributed by atoms with Gasteiger partial charge in [-0.3, -0.25) is 5.01 Å². The van der Waals surface area contributed by atoms with Gasteiger partial charge in [-0.1, -0.05) is 55.7 Å². The van der Waals surface area contributed by atoms with E-state index in [0.29, 0.717) is 45.9 Å². The van der Waals surface area contributed by atoms with Crippen LogP contribution >= 0.6 is 11.6 Å². The highest BCUT2D eigenvalue weighted by Crippen LogP contribution is 2.35. The van der Waals surface area contributed by atoms with Gasteiger partial charge >= 0.3 is 0 Å². The first kappa shape index (κ1) is 19.1. The largest absolute Gasteiger partial charge is 0.394 e. The molecule has 27 heavy (non-hydrogen) atoms. The Kier molecular flexibility index (Phi) is 5.08. The van der Waals surface area contributed by atoms with Crippen LogP contribution in [-0.4, -0.2) is 15.1 Å². The number of benzene rings is 1. The van der Waals surface area contributed by atoms with E-state index in [4.69, 9.17) is 27.7 Å². The van der Waals surface area contributed by atoms with Crippen molar-refractivity contribution in [2.75, 3.05) is 10.7 Å². The van der Waals surface area contributed by atoms with Crippen molar-refractivity contribution in [3.05, 3.63) is 52.6 Å². The van der Waals surface area contributed by atoms with Gasteiger partial charge < -0.3 is 10.3 Å². The lowest BCUT2D eigenvalue weighted by Crippen LogP contribution is -2.33. The van der Waals surface area contributed by atoms with Gasteiger partial charge in [0.25, 0.3) is 0 Å². The van der Waals surface area contributed by atoms with Crippen molar-refractivity contribution < 1.29 is 4.52 Å². The van der Waals surface area contributed by atoms with E-state index in [-0.39, 0.29) is 5.41 Å². The van der Waals surface area contributed by atoms with E-state index in [2.05, 4.69) is 15.1 Å². The molecule has 0 saturated carbocycles. The first-order valence-corrected chi connectivity index (χ1v) is 8.91. The molecule has 8 heteroatoms. The molecule has 0 bridgehead atoms. The van der Waals surface area contributed by atoms with Gasteiger partial charge in [-0.25, -0.2) is 15.8 Å². The molecule has 3 aromatic rings. The number of aryl methyl sites for hydroxylation is 1. The molecule has 0 aliphatic rings. The van der Waals surface area contributed by atoms with Gasteiger partial charge in [0, 0.05) is 10.4 Å². The number of hydrogen-bond donors (Lipinski definition) is 2. The van der Waals surface area contributed by atoms with E-state index >= 15 is 0 Å². The van der Waals surface area contributed by atoms with Crippen molar-refractivity contribution >= 4 is 23.1 Å².